The van der Waals surface area contributed by atoms with Gasteiger partial charge < -0.3 is 0 Å². The van der Waals surface area contributed by atoms with E-state index in [0.717, 1.165) is 22.8 Å². The number of hydrogen-bond donors (Lipinski definition) is 0. The smallest absolute Gasteiger partial charge is 0.162 e. The first-order valence-corrected chi connectivity index (χ1v) is 7.40. The van der Waals surface area contributed by atoms with Crippen molar-refractivity contribution >= 4 is 11.6 Å². The number of benzene rings is 2. The van der Waals surface area contributed by atoms with Crippen molar-refractivity contribution in [3.05, 3.63) is 69.3 Å². The largest absolute Gasteiger partial charge is 0.204 e. The summed E-state index contributed by atoms with van der Waals surface area (Å²) in [6.07, 6.45) is 0.274. The fourth-order valence-electron chi connectivity index (χ4n) is 2.72. The van der Waals surface area contributed by atoms with Gasteiger partial charge in [-0.3, -0.25) is 0 Å². The highest BCUT2D eigenvalue weighted by Crippen LogP contribution is 2.34. The summed E-state index contributed by atoms with van der Waals surface area (Å²) in [7, 11) is 0. The molecule has 112 valence electrons. The summed E-state index contributed by atoms with van der Waals surface area (Å²) in [5.74, 6) is -1.63. The van der Waals surface area contributed by atoms with E-state index in [1.165, 1.54) is 17.2 Å². The normalized spacial score (nSPS) is 12.5. The second-order valence-corrected chi connectivity index (χ2v) is 6.09. The molecule has 0 aliphatic heterocycles. The number of aryl methyl sites for hydroxylation is 2. The molecular weight excluding hydrogens is 290 g/mol. The summed E-state index contributed by atoms with van der Waals surface area (Å²) in [5, 5.41) is -0.375. The van der Waals surface area contributed by atoms with Crippen molar-refractivity contribution < 1.29 is 8.78 Å². The number of alkyl halides is 1. The molecule has 0 aliphatic rings. The molecule has 0 aliphatic carbocycles. The van der Waals surface area contributed by atoms with Crippen molar-refractivity contribution in [1.82, 2.24) is 0 Å². The third-order valence-electron chi connectivity index (χ3n) is 4.17. The molecule has 21 heavy (non-hydrogen) atoms. The second kappa shape index (κ2) is 6.15. The Hall–Kier alpha value is -1.41. The maximum absolute atomic E-state index is 13.8. The number of halogens is 3. The topological polar surface area (TPSA) is 0 Å². The average Bonchev–Trinajstić information content (AvgIpc) is 2.42. The molecule has 0 amide bonds. The summed E-state index contributed by atoms with van der Waals surface area (Å²) in [6.45, 7) is 8.12. The quantitative estimate of drug-likeness (QED) is 0.636. The predicted molar refractivity (Wildman–Crippen MR) is 84.0 cm³/mol. The molecule has 0 heterocycles. The van der Waals surface area contributed by atoms with E-state index in [-0.39, 0.29) is 11.8 Å². The van der Waals surface area contributed by atoms with E-state index in [9.17, 15) is 8.78 Å². The van der Waals surface area contributed by atoms with E-state index >= 15 is 0 Å². The van der Waals surface area contributed by atoms with Crippen LogP contribution in [0.3, 0.4) is 0 Å². The first-order chi connectivity index (χ1) is 9.82. The standard InChI is InChI=1S/C18H19ClF2/c1-10-8-11(2)13(4)17(12(10)3)15(19)9-14-6-5-7-16(20)18(14)21/h5-8,15H,9H2,1-4H3. The minimum absolute atomic E-state index is 0.274. The van der Waals surface area contributed by atoms with Crippen LogP contribution >= 0.6 is 11.6 Å². The first kappa shape index (κ1) is 16.0. The predicted octanol–water partition coefficient (Wildman–Crippen LogP) is 5.72. The molecule has 2 aromatic carbocycles. The highest BCUT2D eigenvalue weighted by atomic mass is 35.5. The highest BCUT2D eigenvalue weighted by Gasteiger charge is 2.19. The van der Waals surface area contributed by atoms with Crippen LogP contribution in [0, 0.1) is 39.3 Å². The van der Waals surface area contributed by atoms with Crippen LogP contribution in [0.5, 0.6) is 0 Å². The summed E-state index contributed by atoms with van der Waals surface area (Å²) in [4.78, 5) is 0. The molecule has 0 spiro atoms. The van der Waals surface area contributed by atoms with E-state index in [0.29, 0.717) is 5.56 Å². The molecule has 3 heteroatoms. The maximum Gasteiger partial charge on any atom is 0.162 e. The zero-order chi connectivity index (χ0) is 15.7. The van der Waals surface area contributed by atoms with Gasteiger partial charge in [-0.2, -0.15) is 0 Å². The minimum Gasteiger partial charge on any atom is -0.204 e. The summed E-state index contributed by atoms with van der Waals surface area (Å²) < 4.78 is 27.1. The Bertz CT molecular complexity index is 651. The Morgan fingerprint density at radius 2 is 1.57 bits per heavy atom. The van der Waals surface area contributed by atoms with Crippen LogP contribution in [0.1, 0.15) is 38.8 Å². The molecule has 0 bridgehead atoms. The van der Waals surface area contributed by atoms with Crippen LogP contribution in [0.4, 0.5) is 8.78 Å². The third kappa shape index (κ3) is 3.11. The van der Waals surface area contributed by atoms with Gasteiger partial charge in [-0.1, -0.05) is 18.2 Å². The third-order valence-corrected chi connectivity index (χ3v) is 4.54. The Kier molecular flexibility index (Phi) is 4.67. The van der Waals surface area contributed by atoms with Crippen molar-refractivity contribution in [2.75, 3.05) is 0 Å². The van der Waals surface area contributed by atoms with Crippen LogP contribution < -0.4 is 0 Å². The van der Waals surface area contributed by atoms with Gasteiger partial charge in [-0.15, -0.1) is 11.6 Å². The van der Waals surface area contributed by atoms with Crippen LogP contribution in [-0.2, 0) is 6.42 Å². The lowest BCUT2D eigenvalue weighted by molar-refractivity contribution is 0.498. The van der Waals surface area contributed by atoms with Crippen LogP contribution in [0.15, 0.2) is 24.3 Å². The van der Waals surface area contributed by atoms with Crippen molar-refractivity contribution in [3.8, 4) is 0 Å². The van der Waals surface area contributed by atoms with Gasteiger partial charge in [0, 0.05) is 0 Å². The molecule has 0 aromatic heterocycles. The lowest BCUT2D eigenvalue weighted by atomic mass is 9.90. The van der Waals surface area contributed by atoms with Crippen molar-refractivity contribution in [2.45, 2.75) is 39.5 Å². The monoisotopic (exact) mass is 308 g/mol. The Balaban J connectivity index is 2.42. The Morgan fingerprint density at radius 1 is 1.00 bits per heavy atom. The van der Waals surface area contributed by atoms with Crippen LogP contribution in [0.2, 0.25) is 0 Å². The van der Waals surface area contributed by atoms with Gasteiger partial charge in [0.05, 0.1) is 5.38 Å². The van der Waals surface area contributed by atoms with Crippen molar-refractivity contribution in [2.24, 2.45) is 0 Å². The average molecular weight is 309 g/mol. The summed E-state index contributed by atoms with van der Waals surface area (Å²) in [6, 6.07) is 6.34. The molecule has 0 fully saturated rings. The van der Waals surface area contributed by atoms with Crippen molar-refractivity contribution in [3.63, 3.8) is 0 Å². The molecule has 0 radical (unpaired) electrons. The molecule has 0 saturated heterocycles. The van der Waals surface area contributed by atoms with Gasteiger partial charge in [0.25, 0.3) is 0 Å². The molecule has 0 nitrogen and oxygen atoms in total. The second-order valence-electron chi connectivity index (χ2n) is 5.56. The number of hydrogen-bond acceptors (Lipinski definition) is 0. The molecular formula is C18H19ClF2. The summed E-state index contributed by atoms with van der Waals surface area (Å²) in [5.41, 5.74) is 5.91. The Morgan fingerprint density at radius 3 is 2.14 bits per heavy atom. The van der Waals surface area contributed by atoms with Gasteiger partial charge in [0.15, 0.2) is 11.6 Å². The van der Waals surface area contributed by atoms with E-state index in [1.807, 2.05) is 27.7 Å². The van der Waals surface area contributed by atoms with Crippen LogP contribution in [0.25, 0.3) is 0 Å². The molecule has 1 unspecified atom stereocenters. The molecule has 0 N–H and O–H groups in total. The zero-order valence-electron chi connectivity index (χ0n) is 12.7. The lowest BCUT2D eigenvalue weighted by Gasteiger charge is -2.20. The lowest BCUT2D eigenvalue weighted by Crippen LogP contribution is -2.06. The molecule has 2 rings (SSSR count). The molecule has 2 aromatic rings. The maximum atomic E-state index is 13.8. The fraction of sp³-hybridized carbons (Fsp3) is 0.333. The van der Waals surface area contributed by atoms with E-state index < -0.39 is 11.6 Å². The highest BCUT2D eigenvalue weighted by molar-refractivity contribution is 6.21. The summed E-state index contributed by atoms with van der Waals surface area (Å²) >= 11 is 6.53. The van der Waals surface area contributed by atoms with Crippen molar-refractivity contribution in [1.29, 1.82) is 0 Å². The molecule has 1 atom stereocenters. The van der Waals surface area contributed by atoms with Crippen LogP contribution in [-0.4, -0.2) is 0 Å². The Labute approximate surface area is 129 Å². The van der Waals surface area contributed by atoms with E-state index in [4.69, 9.17) is 11.6 Å². The van der Waals surface area contributed by atoms with Gasteiger partial charge in [0.1, 0.15) is 0 Å². The first-order valence-electron chi connectivity index (χ1n) is 6.97. The van der Waals surface area contributed by atoms with Gasteiger partial charge in [-0.05, 0) is 73.6 Å². The van der Waals surface area contributed by atoms with E-state index in [2.05, 4.69) is 6.07 Å². The van der Waals surface area contributed by atoms with Gasteiger partial charge in [0.2, 0.25) is 0 Å². The van der Waals surface area contributed by atoms with Gasteiger partial charge in [-0.25, -0.2) is 8.78 Å². The minimum atomic E-state index is -0.828. The SMILES string of the molecule is Cc1cc(C)c(C)c(C(Cl)Cc2cccc(F)c2F)c1C. The fourth-order valence-corrected chi connectivity index (χ4v) is 3.21. The van der Waals surface area contributed by atoms with E-state index in [1.54, 1.807) is 6.07 Å². The molecule has 0 saturated carbocycles. The number of rotatable bonds is 3. The van der Waals surface area contributed by atoms with Gasteiger partial charge >= 0.3 is 0 Å². The zero-order valence-corrected chi connectivity index (χ0v) is 13.5.